The molecular weight excluding hydrogens is 184 g/mol. The van der Waals surface area contributed by atoms with Crippen molar-refractivity contribution >= 4 is 0 Å². The molecular formula is C11H19F2N. The quantitative estimate of drug-likeness (QED) is 0.686. The number of halogens is 2. The molecule has 2 saturated carbocycles. The maximum Gasteiger partial charge on any atom is 0.268 e. The first kappa shape index (κ1) is 10.3. The normalized spacial score (nSPS) is 28.5. The molecule has 1 nitrogen and oxygen atoms in total. The molecule has 0 amide bonds. The second-order valence-corrected chi connectivity index (χ2v) is 4.97. The van der Waals surface area contributed by atoms with Crippen LogP contribution in [0, 0.1) is 5.92 Å². The van der Waals surface area contributed by atoms with Crippen molar-refractivity contribution < 1.29 is 8.78 Å². The second kappa shape index (κ2) is 3.44. The van der Waals surface area contributed by atoms with Crippen LogP contribution in [0.1, 0.15) is 51.4 Å². The first-order valence-electron chi connectivity index (χ1n) is 5.73. The Hall–Kier alpha value is -0.180. The van der Waals surface area contributed by atoms with Crippen LogP contribution in [0.4, 0.5) is 8.78 Å². The van der Waals surface area contributed by atoms with Gasteiger partial charge in [-0.25, -0.2) is 8.78 Å². The summed E-state index contributed by atoms with van der Waals surface area (Å²) in [5, 5.41) is 0. The van der Waals surface area contributed by atoms with E-state index in [4.69, 9.17) is 5.73 Å². The van der Waals surface area contributed by atoms with Crippen molar-refractivity contribution in [2.75, 3.05) is 0 Å². The maximum absolute atomic E-state index is 13.9. The zero-order valence-electron chi connectivity index (χ0n) is 8.57. The van der Waals surface area contributed by atoms with E-state index in [1.807, 2.05) is 0 Å². The molecule has 2 N–H and O–H groups in total. The van der Waals surface area contributed by atoms with Gasteiger partial charge in [0.25, 0.3) is 5.92 Å². The summed E-state index contributed by atoms with van der Waals surface area (Å²) in [4.78, 5) is 0. The lowest BCUT2D eigenvalue weighted by molar-refractivity contribution is -0.0940. The molecule has 82 valence electrons. The van der Waals surface area contributed by atoms with Gasteiger partial charge in [0.1, 0.15) is 0 Å². The fourth-order valence-electron chi connectivity index (χ4n) is 2.52. The highest BCUT2D eigenvalue weighted by Crippen LogP contribution is 2.52. The van der Waals surface area contributed by atoms with E-state index in [-0.39, 0.29) is 0 Å². The van der Waals surface area contributed by atoms with Gasteiger partial charge in [0, 0.05) is 5.92 Å². The van der Waals surface area contributed by atoms with Crippen LogP contribution in [0.3, 0.4) is 0 Å². The van der Waals surface area contributed by atoms with Gasteiger partial charge in [0.05, 0.1) is 5.54 Å². The number of alkyl halides is 2. The average Bonchev–Trinajstić information content (AvgIpc) is 2.89. The molecule has 2 aliphatic carbocycles. The molecule has 2 aliphatic rings. The number of nitrogens with two attached hydrogens (primary N) is 1. The standard InChI is InChI=1S/C11H19F2N/c12-11(13,10(14)7-8-10)9-5-3-1-2-4-6-9/h9H,1-8,14H2. The lowest BCUT2D eigenvalue weighted by Crippen LogP contribution is -2.48. The van der Waals surface area contributed by atoms with Crippen molar-refractivity contribution in [3.63, 3.8) is 0 Å². The summed E-state index contributed by atoms with van der Waals surface area (Å²) in [5.74, 6) is -3.06. The molecule has 0 spiro atoms. The van der Waals surface area contributed by atoms with E-state index in [1.54, 1.807) is 0 Å². The molecule has 0 radical (unpaired) electrons. The number of hydrogen-bond donors (Lipinski definition) is 1. The molecule has 14 heavy (non-hydrogen) atoms. The summed E-state index contributed by atoms with van der Waals surface area (Å²) >= 11 is 0. The summed E-state index contributed by atoms with van der Waals surface area (Å²) in [6.07, 6.45) is 6.51. The Balaban J connectivity index is 2.04. The Morgan fingerprint density at radius 2 is 1.50 bits per heavy atom. The highest BCUT2D eigenvalue weighted by atomic mass is 19.3. The van der Waals surface area contributed by atoms with E-state index >= 15 is 0 Å². The third kappa shape index (κ3) is 1.67. The molecule has 2 fully saturated rings. The largest absolute Gasteiger partial charge is 0.320 e. The van der Waals surface area contributed by atoms with Crippen molar-refractivity contribution in [3.05, 3.63) is 0 Å². The molecule has 2 rings (SSSR count). The summed E-state index contributed by atoms with van der Waals surface area (Å²) in [6.45, 7) is 0. The lowest BCUT2D eigenvalue weighted by atomic mass is 9.87. The van der Waals surface area contributed by atoms with E-state index in [9.17, 15) is 8.78 Å². The van der Waals surface area contributed by atoms with E-state index in [2.05, 4.69) is 0 Å². The highest BCUT2D eigenvalue weighted by molar-refractivity contribution is 5.11. The lowest BCUT2D eigenvalue weighted by Gasteiger charge is -2.31. The van der Waals surface area contributed by atoms with Crippen LogP contribution in [0.2, 0.25) is 0 Å². The zero-order chi connectivity index (χ0) is 10.2. The molecule has 0 aromatic rings. The van der Waals surface area contributed by atoms with Crippen LogP contribution in [0.5, 0.6) is 0 Å². The Labute approximate surface area is 84.0 Å². The van der Waals surface area contributed by atoms with Gasteiger partial charge in [0.15, 0.2) is 0 Å². The molecule has 0 heterocycles. The van der Waals surface area contributed by atoms with Crippen LogP contribution >= 0.6 is 0 Å². The Morgan fingerprint density at radius 1 is 1.00 bits per heavy atom. The van der Waals surface area contributed by atoms with Crippen LogP contribution in [-0.2, 0) is 0 Å². The van der Waals surface area contributed by atoms with Gasteiger partial charge in [-0.3, -0.25) is 0 Å². The minimum absolute atomic E-state index is 0.447. The highest BCUT2D eigenvalue weighted by Gasteiger charge is 2.62. The van der Waals surface area contributed by atoms with E-state index in [1.165, 1.54) is 0 Å². The second-order valence-electron chi connectivity index (χ2n) is 4.97. The molecule has 3 heteroatoms. The zero-order valence-corrected chi connectivity index (χ0v) is 8.57. The van der Waals surface area contributed by atoms with Crippen molar-refractivity contribution in [2.45, 2.75) is 62.8 Å². The number of hydrogen-bond acceptors (Lipinski definition) is 1. The summed E-state index contributed by atoms with van der Waals surface area (Å²) in [5.41, 5.74) is 4.52. The van der Waals surface area contributed by atoms with E-state index < -0.39 is 17.4 Å². The van der Waals surface area contributed by atoms with Crippen LogP contribution in [0.15, 0.2) is 0 Å². The Morgan fingerprint density at radius 3 is 1.93 bits per heavy atom. The number of rotatable bonds is 2. The molecule has 0 aliphatic heterocycles. The topological polar surface area (TPSA) is 26.0 Å². The summed E-state index contributed by atoms with van der Waals surface area (Å²) in [7, 11) is 0. The molecule has 0 atom stereocenters. The van der Waals surface area contributed by atoms with Gasteiger partial charge < -0.3 is 5.73 Å². The maximum atomic E-state index is 13.9. The van der Waals surface area contributed by atoms with Gasteiger partial charge >= 0.3 is 0 Å². The molecule has 0 aromatic heterocycles. The molecule has 0 bridgehead atoms. The molecule has 0 saturated heterocycles. The predicted octanol–water partition coefficient (Wildman–Crippen LogP) is 3.08. The monoisotopic (exact) mass is 203 g/mol. The summed E-state index contributed by atoms with van der Waals surface area (Å²) < 4.78 is 27.9. The third-order valence-electron chi connectivity index (χ3n) is 3.82. The Bertz CT molecular complexity index is 203. The first-order valence-corrected chi connectivity index (χ1v) is 5.73. The van der Waals surface area contributed by atoms with Gasteiger partial charge in [-0.2, -0.15) is 0 Å². The predicted molar refractivity (Wildman–Crippen MR) is 52.3 cm³/mol. The van der Waals surface area contributed by atoms with Gasteiger partial charge in [-0.15, -0.1) is 0 Å². The van der Waals surface area contributed by atoms with Crippen LogP contribution in [0.25, 0.3) is 0 Å². The summed E-state index contributed by atoms with van der Waals surface area (Å²) in [6, 6.07) is 0. The van der Waals surface area contributed by atoms with Crippen molar-refractivity contribution in [3.8, 4) is 0 Å². The van der Waals surface area contributed by atoms with Gasteiger partial charge in [-0.1, -0.05) is 25.7 Å². The van der Waals surface area contributed by atoms with Gasteiger partial charge in [0.2, 0.25) is 0 Å². The van der Waals surface area contributed by atoms with Gasteiger partial charge in [-0.05, 0) is 25.7 Å². The van der Waals surface area contributed by atoms with Crippen molar-refractivity contribution in [1.82, 2.24) is 0 Å². The first-order chi connectivity index (χ1) is 6.56. The van der Waals surface area contributed by atoms with Crippen molar-refractivity contribution in [1.29, 1.82) is 0 Å². The fourth-order valence-corrected chi connectivity index (χ4v) is 2.52. The van der Waals surface area contributed by atoms with Crippen LogP contribution in [-0.4, -0.2) is 11.5 Å². The third-order valence-corrected chi connectivity index (χ3v) is 3.82. The SMILES string of the molecule is NC1(C(F)(F)C2CCCCCC2)CC1. The average molecular weight is 203 g/mol. The Kier molecular flexibility index (Phi) is 2.54. The van der Waals surface area contributed by atoms with Crippen molar-refractivity contribution in [2.24, 2.45) is 11.7 Å². The van der Waals surface area contributed by atoms with E-state index in [0.29, 0.717) is 25.7 Å². The van der Waals surface area contributed by atoms with Crippen LogP contribution < -0.4 is 5.73 Å². The fraction of sp³-hybridized carbons (Fsp3) is 1.00. The molecule has 0 aromatic carbocycles. The smallest absolute Gasteiger partial charge is 0.268 e. The minimum Gasteiger partial charge on any atom is -0.320 e. The van der Waals surface area contributed by atoms with E-state index in [0.717, 1.165) is 25.7 Å². The molecule has 0 unspecified atom stereocenters. The minimum atomic E-state index is -2.61.